The van der Waals surface area contributed by atoms with Gasteiger partial charge in [0.25, 0.3) is 0 Å². The first-order valence-electron chi connectivity index (χ1n) is 5.51. The van der Waals surface area contributed by atoms with Crippen molar-refractivity contribution in [1.29, 1.82) is 5.26 Å². The average molecular weight is 334 g/mol. The molecule has 0 N–H and O–H groups in total. The highest BCUT2D eigenvalue weighted by atomic mass is 79.9. The van der Waals surface area contributed by atoms with Gasteiger partial charge in [-0.15, -0.1) is 0 Å². The topological polar surface area (TPSA) is 89.0 Å². The summed E-state index contributed by atoms with van der Waals surface area (Å²) in [5.41, 5.74) is 0.359. The van der Waals surface area contributed by atoms with E-state index in [2.05, 4.69) is 20.9 Å². The number of aryl methyl sites for hydroxylation is 1. The number of ether oxygens (including phenoxy) is 1. The van der Waals surface area contributed by atoms with E-state index in [1.165, 1.54) is 12.1 Å². The van der Waals surface area contributed by atoms with Crippen LogP contribution < -0.4 is 4.74 Å². The molecule has 1 aromatic carbocycles. The summed E-state index contributed by atoms with van der Waals surface area (Å²) in [6.07, 6.45) is 0. The van der Waals surface area contributed by atoms with Gasteiger partial charge in [-0.2, -0.15) is 10.2 Å². The molecule has 0 spiro atoms. The van der Waals surface area contributed by atoms with E-state index >= 15 is 0 Å². The highest BCUT2D eigenvalue weighted by Crippen LogP contribution is 2.27. The molecule has 0 saturated carbocycles. The third kappa shape index (κ3) is 2.92. The monoisotopic (exact) mass is 333 g/mol. The Balaban J connectivity index is 2.32. The lowest BCUT2D eigenvalue weighted by Crippen LogP contribution is -1.97. The number of rotatable bonds is 3. The van der Waals surface area contributed by atoms with Gasteiger partial charge in [-0.3, -0.25) is 10.1 Å². The standard InChI is InChI=1S/C13H8BrN3O3/c1-8-6-9(2-3-10(8)14)20-13-5-4-12(17(18)19)11(7-15)16-13/h2-6H,1H3. The van der Waals surface area contributed by atoms with Crippen LogP contribution in [0.2, 0.25) is 0 Å². The minimum absolute atomic E-state index is 0.133. The Labute approximate surface area is 122 Å². The number of benzene rings is 1. The van der Waals surface area contributed by atoms with Crippen LogP contribution in [0.3, 0.4) is 0 Å². The Hall–Kier alpha value is -2.46. The molecular weight excluding hydrogens is 326 g/mol. The summed E-state index contributed by atoms with van der Waals surface area (Å²) in [5, 5.41) is 19.6. The van der Waals surface area contributed by atoms with Gasteiger partial charge in [0.05, 0.1) is 4.92 Å². The number of pyridine rings is 1. The van der Waals surface area contributed by atoms with Crippen LogP contribution in [0, 0.1) is 28.4 Å². The van der Waals surface area contributed by atoms with Gasteiger partial charge < -0.3 is 4.74 Å². The van der Waals surface area contributed by atoms with Gasteiger partial charge in [-0.1, -0.05) is 15.9 Å². The fourth-order valence-electron chi connectivity index (χ4n) is 1.52. The summed E-state index contributed by atoms with van der Waals surface area (Å²) in [7, 11) is 0. The molecule has 1 heterocycles. The van der Waals surface area contributed by atoms with Crippen LogP contribution in [-0.4, -0.2) is 9.91 Å². The highest BCUT2D eigenvalue weighted by Gasteiger charge is 2.16. The van der Waals surface area contributed by atoms with Crippen molar-refractivity contribution in [2.45, 2.75) is 6.92 Å². The fourth-order valence-corrected chi connectivity index (χ4v) is 1.77. The minimum Gasteiger partial charge on any atom is -0.439 e. The fraction of sp³-hybridized carbons (Fsp3) is 0.0769. The molecular formula is C13H8BrN3O3. The molecule has 20 heavy (non-hydrogen) atoms. The molecule has 0 unspecified atom stereocenters. The van der Waals surface area contributed by atoms with Crippen molar-refractivity contribution in [2.75, 3.05) is 0 Å². The van der Waals surface area contributed by atoms with Crippen LogP contribution in [0.4, 0.5) is 5.69 Å². The van der Waals surface area contributed by atoms with Crippen LogP contribution >= 0.6 is 15.9 Å². The van der Waals surface area contributed by atoms with Crippen LogP contribution in [0.5, 0.6) is 11.6 Å². The minimum atomic E-state index is -0.654. The van der Waals surface area contributed by atoms with Gasteiger partial charge in [0.2, 0.25) is 11.6 Å². The van der Waals surface area contributed by atoms with E-state index in [1.807, 2.05) is 13.0 Å². The van der Waals surface area contributed by atoms with Crippen LogP contribution in [0.1, 0.15) is 11.3 Å². The van der Waals surface area contributed by atoms with Gasteiger partial charge in [-0.25, -0.2) is 0 Å². The van der Waals surface area contributed by atoms with E-state index in [0.29, 0.717) is 5.75 Å². The third-order valence-corrected chi connectivity index (χ3v) is 3.39. The summed E-state index contributed by atoms with van der Waals surface area (Å²) < 4.78 is 6.43. The lowest BCUT2D eigenvalue weighted by atomic mass is 10.2. The molecule has 0 amide bonds. The Bertz CT molecular complexity index is 725. The number of nitriles is 1. The maximum absolute atomic E-state index is 10.7. The van der Waals surface area contributed by atoms with Crippen molar-refractivity contribution >= 4 is 21.6 Å². The summed E-state index contributed by atoms with van der Waals surface area (Å²) in [4.78, 5) is 13.9. The first kappa shape index (κ1) is 14.0. The zero-order chi connectivity index (χ0) is 14.7. The number of hydrogen-bond acceptors (Lipinski definition) is 5. The van der Waals surface area contributed by atoms with Gasteiger partial charge in [0.15, 0.2) is 0 Å². The lowest BCUT2D eigenvalue weighted by Gasteiger charge is -2.06. The Kier molecular flexibility index (Phi) is 3.96. The first-order chi connectivity index (χ1) is 9.51. The van der Waals surface area contributed by atoms with Gasteiger partial charge in [0, 0.05) is 16.6 Å². The number of halogens is 1. The second-order valence-electron chi connectivity index (χ2n) is 3.90. The Morgan fingerprint density at radius 3 is 2.75 bits per heavy atom. The molecule has 0 aliphatic carbocycles. The summed E-state index contributed by atoms with van der Waals surface area (Å²) in [5.74, 6) is 0.671. The quantitative estimate of drug-likeness (QED) is 0.630. The van der Waals surface area contributed by atoms with E-state index in [4.69, 9.17) is 10.00 Å². The van der Waals surface area contributed by atoms with Gasteiger partial charge in [-0.05, 0) is 30.7 Å². The maximum atomic E-state index is 10.7. The zero-order valence-electron chi connectivity index (χ0n) is 10.3. The number of aromatic nitrogens is 1. The van der Waals surface area contributed by atoms with Crippen molar-refractivity contribution in [3.05, 3.63) is 56.2 Å². The molecule has 0 bridgehead atoms. The molecule has 2 rings (SSSR count). The van der Waals surface area contributed by atoms with Gasteiger partial charge >= 0.3 is 5.69 Å². The van der Waals surface area contributed by atoms with Crippen molar-refractivity contribution in [3.63, 3.8) is 0 Å². The van der Waals surface area contributed by atoms with Crippen molar-refractivity contribution in [3.8, 4) is 17.7 Å². The molecule has 0 atom stereocenters. The van der Waals surface area contributed by atoms with Crippen molar-refractivity contribution in [2.24, 2.45) is 0 Å². The SMILES string of the molecule is Cc1cc(Oc2ccc([N+](=O)[O-])c(C#N)n2)ccc1Br. The molecule has 7 heteroatoms. The summed E-state index contributed by atoms with van der Waals surface area (Å²) in [6, 6.07) is 9.58. The molecule has 0 saturated heterocycles. The lowest BCUT2D eigenvalue weighted by molar-refractivity contribution is -0.385. The van der Waals surface area contributed by atoms with Crippen molar-refractivity contribution in [1.82, 2.24) is 4.98 Å². The molecule has 0 aliphatic heterocycles. The van der Waals surface area contributed by atoms with Crippen LogP contribution in [0.15, 0.2) is 34.8 Å². The van der Waals surface area contributed by atoms with E-state index in [1.54, 1.807) is 18.2 Å². The Morgan fingerprint density at radius 2 is 2.15 bits per heavy atom. The molecule has 0 radical (unpaired) electrons. The average Bonchev–Trinajstić information content (AvgIpc) is 2.42. The van der Waals surface area contributed by atoms with E-state index in [9.17, 15) is 10.1 Å². The molecule has 100 valence electrons. The predicted octanol–water partition coefficient (Wildman–Crippen LogP) is 3.72. The van der Waals surface area contributed by atoms with E-state index in [0.717, 1.165) is 10.0 Å². The highest BCUT2D eigenvalue weighted by molar-refractivity contribution is 9.10. The third-order valence-electron chi connectivity index (χ3n) is 2.50. The smallest absolute Gasteiger partial charge is 0.305 e. The predicted molar refractivity (Wildman–Crippen MR) is 74.6 cm³/mol. The summed E-state index contributed by atoms with van der Waals surface area (Å²) in [6.45, 7) is 1.90. The number of hydrogen-bond donors (Lipinski definition) is 0. The number of nitrogens with zero attached hydrogens (tertiary/aromatic N) is 3. The molecule has 0 fully saturated rings. The molecule has 6 nitrogen and oxygen atoms in total. The Morgan fingerprint density at radius 1 is 1.40 bits per heavy atom. The second kappa shape index (κ2) is 5.67. The molecule has 1 aromatic heterocycles. The van der Waals surface area contributed by atoms with E-state index < -0.39 is 4.92 Å². The number of nitro groups is 1. The largest absolute Gasteiger partial charge is 0.439 e. The molecule has 0 aliphatic rings. The maximum Gasteiger partial charge on any atom is 0.305 e. The summed E-state index contributed by atoms with van der Waals surface area (Å²) >= 11 is 3.37. The molecule has 2 aromatic rings. The van der Waals surface area contributed by atoms with Gasteiger partial charge in [0.1, 0.15) is 11.8 Å². The first-order valence-corrected chi connectivity index (χ1v) is 6.30. The van der Waals surface area contributed by atoms with E-state index in [-0.39, 0.29) is 17.3 Å². The normalized spacial score (nSPS) is 9.85. The zero-order valence-corrected chi connectivity index (χ0v) is 11.9. The van der Waals surface area contributed by atoms with Crippen LogP contribution in [0.25, 0.3) is 0 Å². The second-order valence-corrected chi connectivity index (χ2v) is 4.75. The van der Waals surface area contributed by atoms with Crippen molar-refractivity contribution < 1.29 is 9.66 Å². The van der Waals surface area contributed by atoms with Crippen LogP contribution in [-0.2, 0) is 0 Å².